The van der Waals surface area contributed by atoms with E-state index >= 15 is 0 Å². The molecule has 2 aromatic carbocycles. The molecule has 0 bridgehead atoms. The van der Waals surface area contributed by atoms with E-state index in [1.165, 1.54) is 12.1 Å². The lowest BCUT2D eigenvalue weighted by atomic mass is 10.1. The number of rotatable bonds is 6. The van der Waals surface area contributed by atoms with Gasteiger partial charge in [0.1, 0.15) is 5.82 Å². The fraction of sp³-hybridized carbons (Fsp3) is 0.300. The second-order valence-electron chi connectivity index (χ2n) is 6.13. The van der Waals surface area contributed by atoms with Crippen molar-refractivity contribution in [2.24, 2.45) is 4.99 Å². The van der Waals surface area contributed by atoms with E-state index in [-0.39, 0.29) is 35.7 Å². The SMILES string of the molecule is CN=C(NCCc1cccc(F)c1)NCc1ccc(C(=O)N(C)C)cc1.I. The topological polar surface area (TPSA) is 56.7 Å². The minimum atomic E-state index is -0.221. The van der Waals surface area contributed by atoms with E-state index in [0.717, 1.165) is 11.1 Å². The van der Waals surface area contributed by atoms with Crippen molar-refractivity contribution in [3.63, 3.8) is 0 Å². The Bertz CT molecular complexity index is 763. The van der Waals surface area contributed by atoms with Crippen LogP contribution in [0.15, 0.2) is 53.5 Å². The van der Waals surface area contributed by atoms with Crippen molar-refractivity contribution in [3.05, 3.63) is 71.0 Å². The van der Waals surface area contributed by atoms with Crippen LogP contribution in [0.1, 0.15) is 21.5 Å². The molecular formula is C20H26FIN4O. The molecule has 0 fully saturated rings. The van der Waals surface area contributed by atoms with Crippen molar-refractivity contribution in [1.82, 2.24) is 15.5 Å². The molecular weight excluding hydrogens is 458 g/mol. The minimum Gasteiger partial charge on any atom is -0.356 e. The summed E-state index contributed by atoms with van der Waals surface area (Å²) in [6.45, 7) is 1.25. The van der Waals surface area contributed by atoms with Gasteiger partial charge in [-0.25, -0.2) is 4.39 Å². The summed E-state index contributed by atoms with van der Waals surface area (Å²) in [5.74, 6) is 0.440. The van der Waals surface area contributed by atoms with Crippen LogP contribution >= 0.6 is 24.0 Å². The first-order chi connectivity index (χ1) is 12.5. The first-order valence-electron chi connectivity index (χ1n) is 8.49. The molecule has 5 nitrogen and oxygen atoms in total. The predicted molar refractivity (Wildman–Crippen MR) is 118 cm³/mol. The van der Waals surface area contributed by atoms with E-state index < -0.39 is 0 Å². The molecule has 0 aliphatic rings. The van der Waals surface area contributed by atoms with Crippen LogP contribution in [0, 0.1) is 5.82 Å². The van der Waals surface area contributed by atoms with Crippen LogP contribution in [0.2, 0.25) is 0 Å². The van der Waals surface area contributed by atoms with Gasteiger partial charge in [0.2, 0.25) is 0 Å². The number of benzene rings is 2. The molecule has 0 spiro atoms. The Labute approximate surface area is 177 Å². The highest BCUT2D eigenvalue weighted by atomic mass is 127. The molecule has 0 unspecified atom stereocenters. The number of hydrogen-bond acceptors (Lipinski definition) is 2. The molecule has 0 heterocycles. The third kappa shape index (κ3) is 7.54. The summed E-state index contributed by atoms with van der Waals surface area (Å²) in [5.41, 5.74) is 2.65. The lowest BCUT2D eigenvalue weighted by Gasteiger charge is -2.13. The Hall–Kier alpha value is -2.16. The van der Waals surface area contributed by atoms with Crippen molar-refractivity contribution in [2.45, 2.75) is 13.0 Å². The average Bonchev–Trinajstić information content (AvgIpc) is 2.64. The lowest BCUT2D eigenvalue weighted by Crippen LogP contribution is -2.37. The van der Waals surface area contributed by atoms with E-state index in [0.29, 0.717) is 31.0 Å². The van der Waals surface area contributed by atoms with E-state index in [1.807, 2.05) is 30.3 Å². The maximum absolute atomic E-state index is 13.2. The molecule has 0 saturated heterocycles. The maximum atomic E-state index is 13.2. The van der Waals surface area contributed by atoms with Gasteiger partial charge < -0.3 is 15.5 Å². The zero-order valence-corrected chi connectivity index (χ0v) is 18.2. The monoisotopic (exact) mass is 484 g/mol. The fourth-order valence-electron chi connectivity index (χ4n) is 2.45. The molecule has 27 heavy (non-hydrogen) atoms. The summed E-state index contributed by atoms with van der Waals surface area (Å²) in [4.78, 5) is 17.6. The van der Waals surface area contributed by atoms with Gasteiger partial charge in [0.25, 0.3) is 5.91 Å². The number of carbonyl (C=O) groups excluding carboxylic acids is 1. The van der Waals surface area contributed by atoms with Crippen molar-refractivity contribution >= 4 is 35.8 Å². The van der Waals surface area contributed by atoms with Crippen LogP contribution in [0.25, 0.3) is 0 Å². The molecule has 7 heteroatoms. The van der Waals surface area contributed by atoms with Gasteiger partial charge in [-0.3, -0.25) is 9.79 Å². The molecule has 2 rings (SSSR count). The highest BCUT2D eigenvalue weighted by molar-refractivity contribution is 14.0. The Morgan fingerprint density at radius 3 is 2.37 bits per heavy atom. The van der Waals surface area contributed by atoms with Crippen molar-refractivity contribution < 1.29 is 9.18 Å². The quantitative estimate of drug-likeness (QED) is 0.377. The summed E-state index contributed by atoms with van der Waals surface area (Å²) < 4.78 is 13.2. The second-order valence-corrected chi connectivity index (χ2v) is 6.13. The van der Waals surface area contributed by atoms with Gasteiger partial charge >= 0.3 is 0 Å². The number of nitrogens with zero attached hydrogens (tertiary/aromatic N) is 2. The van der Waals surface area contributed by atoms with Gasteiger partial charge in [0, 0.05) is 39.8 Å². The average molecular weight is 484 g/mol. The molecule has 2 aromatic rings. The Morgan fingerprint density at radius 2 is 1.78 bits per heavy atom. The van der Waals surface area contributed by atoms with Crippen LogP contribution in [0.3, 0.4) is 0 Å². The van der Waals surface area contributed by atoms with Gasteiger partial charge in [-0.15, -0.1) is 24.0 Å². The van der Waals surface area contributed by atoms with Gasteiger partial charge in [0.05, 0.1) is 0 Å². The van der Waals surface area contributed by atoms with Gasteiger partial charge in [0.15, 0.2) is 5.96 Å². The van der Waals surface area contributed by atoms with Gasteiger partial charge in [-0.05, 0) is 41.8 Å². The Balaban J connectivity index is 0.00000364. The number of nitrogens with one attached hydrogen (secondary N) is 2. The second kappa shape index (κ2) is 11.5. The molecule has 0 saturated carbocycles. The highest BCUT2D eigenvalue weighted by Gasteiger charge is 2.07. The molecule has 0 aliphatic heterocycles. The molecule has 0 radical (unpaired) electrons. The largest absolute Gasteiger partial charge is 0.356 e. The van der Waals surface area contributed by atoms with Crippen LogP contribution in [0.5, 0.6) is 0 Å². The zero-order valence-electron chi connectivity index (χ0n) is 15.8. The number of halogens is 2. The highest BCUT2D eigenvalue weighted by Crippen LogP contribution is 2.06. The first kappa shape index (κ1) is 22.9. The molecule has 0 aromatic heterocycles. The standard InChI is InChI=1S/C20H25FN4O.HI/c1-22-20(23-12-11-15-5-4-6-18(21)13-15)24-14-16-7-9-17(10-8-16)19(26)25(2)3;/h4-10,13H,11-12,14H2,1-3H3,(H2,22,23,24);1H. The lowest BCUT2D eigenvalue weighted by molar-refractivity contribution is 0.0827. The molecule has 2 N–H and O–H groups in total. The summed E-state index contributed by atoms with van der Waals surface area (Å²) in [5, 5.41) is 6.43. The van der Waals surface area contributed by atoms with Crippen LogP contribution in [-0.2, 0) is 13.0 Å². The van der Waals surface area contributed by atoms with Crippen molar-refractivity contribution in [1.29, 1.82) is 0 Å². The number of guanidine groups is 1. The third-order valence-corrected chi connectivity index (χ3v) is 3.89. The predicted octanol–water partition coefficient (Wildman–Crippen LogP) is 3.05. The molecule has 0 aliphatic carbocycles. The van der Waals surface area contributed by atoms with E-state index in [4.69, 9.17) is 0 Å². The molecule has 146 valence electrons. The first-order valence-corrected chi connectivity index (χ1v) is 8.49. The third-order valence-electron chi connectivity index (χ3n) is 3.89. The Morgan fingerprint density at radius 1 is 1.07 bits per heavy atom. The summed E-state index contributed by atoms with van der Waals surface area (Å²) in [6, 6.07) is 14.1. The Kier molecular flexibility index (Phi) is 9.77. The van der Waals surface area contributed by atoms with E-state index in [9.17, 15) is 9.18 Å². The van der Waals surface area contributed by atoms with Crippen molar-refractivity contribution in [3.8, 4) is 0 Å². The number of hydrogen-bond donors (Lipinski definition) is 2. The molecule has 1 amide bonds. The van der Waals surface area contributed by atoms with E-state index in [2.05, 4.69) is 15.6 Å². The zero-order chi connectivity index (χ0) is 18.9. The summed E-state index contributed by atoms with van der Waals surface area (Å²) in [6.07, 6.45) is 0.708. The number of carbonyl (C=O) groups is 1. The van der Waals surface area contributed by atoms with Crippen molar-refractivity contribution in [2.75, 3.05) is 27.7 Å². The molecule has 0 atom stereocenters. The van der Waals surface area contributed by atoms with Crippen LogP contribution in [-0.4, -0.2) is 44.5 Å². The fourth-order valence-corrected chi connectivity index (χ4v) is 2.45. The summed E-state index contributed by atoms with van der Waals surface area (Å²) >= 11 is 0. The van der Waals surface area contributed by atoms with Crippen LogP contribution < -0.4 is 10.6 Å². The van der Waals surface area contributed by atoms with Crippen LogP contribution in [0.4, 0.5) is 4.39 Å². The maximum Gasteiger partial charge on any atom is 0.253 e. The summed E-state index contributed by atoms with van der Waals surface area (Å²) in [7, 11) is 5.17. The van der Waals surface area contributed by atoms with Gasteiger partial charge in [-0.2, -0.15) is 0 Å². The normalized spacial score (nSPS) is 10.7. The van der Waals surface area contributed by atoms with E-state index in [1.54, 1.807) is 32.1 Å². The smallest absolute Gasteiger partial charge is 0.253 e. The number of amides is 1. The van der Waals surface area contributed by atoms with Gasteiger partial charge in [-0.1, -0.05) is 24.3 Å². The number of aliphatic imine (C=N–C) groups is 1. The minimum absolute atomic E-state index is 0.